The van der Waals surface area contributed by atoms with Gasteiger partial charge < -0.3 is 9.64 Å². The fourth-order valence-corrected chi connectivity index (χ4v) is 6.45. The number of nitrogens with zero attached hydrogens (tertiary/aromatic N) is 3. The van der Waals surface area contributed by atoms with Crippen molar-refractivity contribution in [3.8, 4) is 0 Å². The van der Waals surface area contributed by atoms with Gasteiger partial charge in [-0.2, -0.15) is 0 Å². The first-order valence-corrected chi connectivity index (χ1v) is 15.2. The molecule has 2 aliphatic heterocycles. The summed E-state index contributed by atoms with van der Waals surface area (Å²) in [5.41, 5.74) is 1.41. The number of halogens is 1. The maximum absolute atomic E-state index is 14.9. The largest absolute Gasteiger partial charge is 0.466 e. The lowest BCUT2D eigenvalue weighted by Gasteiger charge is -2.39. The zero-order valence-electron chi connectivity index (χ0n) is 23.5. The quantitative estimate of drug-likeness (QED) is 0.277. The Balaban J connectivity index is 1.42. The highest BCUT2D eigenvalue weighted by Crippen LogP contribution is 2.40. The lowest BCUT2D eigenvalue weighted by molar-refractivity contribution is -0.143. The summed E-state index contributed by atoms with van der Waals surface area (Å²) in [6.45, 7) is 7.43. The van der Waals surface area contributed by atoms with E-state index in [1.165, 1.54) is 17.8 Å². The minimum atomic E-state index is -0.653. The van der Waals surface area contributed by atoms with Crippen LogP contribution >= 0.6 is 11.8 Å². The van der Waals surface area contributed by atoms with Crippen molar-refractivity contribution in [2.75, 3.05) is 52.4 Å². The molecule has 8 nitrogen and oxygen atoms in total. The monoisotopic (exact) mass is 573 g/mol. The van der Waals surface area contributed by atoms with Crippen LogP contribution in [0.4, 0.5) is 4.39 Å². The van der Waals surface area contributed by atoms with Gasteiger partial charge in [-0.3, -0.25) is 29.0 Å². The third kappa shape index (κ3) is 8.24. The molecular formula is C30H40FN3O5S. The number of carbonyl (C=O) groups is 4. The summed E-state index contributed by atoms with van der Waals surface area (Å²) < 4.78 is 19.9. The summed E-state index contributed by atoms with van der Waals surface area (Å²) in [5.74, 6) is -0.521. The summed E-state index contributed by atoms with van der Waals surface area (Å²) in [6.07, 6.45) is 5.39. The number of ketones is 1. The first kappa shape index (κ1) is 30.4. The SMILES string of the molecule is CCOC(=O)CCCN1CCN(C/C=C2\CN(C(C(=O)C3CC3)c3ccccc3F)CCC2SC(C)=O)C(=O)C1. The molecule has 1 saturated carbocycles. The molecule has 1 aliphatic carbocycles. The Morgan fingerprint density at radius 1 is 1.12 bits per heavy atom. The maximum Gasteiger partial charge on any atom is 0.305 e. The standard InChI is InChI=1S/C30H40FN3O5S/c1-3-39-28(37)9-6-14-32-17-18-33(27(36)20-32)15-12-23-19-34(16-13-26(23)40-21(2)35)29(30(38)22-10-11-22)24-7-4-5-8-25(24)31/h4-5,7-8,12,22,26,29H,3,6,9-11,13-20H2,1-2H3/b23-12+. The molecule has 2 saturated heterocycles. The van der Waals surface area contributed by atoms with E-state index >= 15 is 0 Å². The van der Waals surface area contributed by atoms with E-state index in [-0.39, 0.29) is 39.8 Å². The molecule has 2 atom stereocenters. The third-order valence-electron chi connectivity index (χ3n) is 7.73. The zero-order valence-corrected chi connectivity index (χ0v) is 24.3. The number of hydrogen-bond donors (Lipinski definition) is 0. The van der Waals surface area contributed by atoms with Crippen molar-refractivity contribution in [3.05, 3.63) is 47.3 Å². The van der Waals surface area contributed by atoms with Crippen molar-refractivity contribution in [1.29, 1.82) is 0 Å². The second-order valence-corrected chi connectivity index (χ2v) is 12.1. The van der Waals surface area contributed by atoms with Gasteiger partial charge in [0.15, 0.2) is 10.9 Å². The number of Topliss-reactive ketones (excluding diaryl/α,β-unsaturated/α-hetero) is 1. The van der Waals surface area contributed by atoms with Crippen molar-refractivity contribution in [2.45, 2.75) is 57.2 Å². The van der Waals surface area contributed by atoms with Gasteiger partial charge in [0.25, 0.3) is 0 Å². The Hall–Kier alpha value is -2.56. The minimum absolute atomic E-state index is 0.0208. The lowest BCUT2D eigenvalue weighted by Crippen LogP contribution is -2.50. The van der Waals surface area contributed by atoms with Crippen molar-refractivity contribution < 1.29 is 28.3 Å². The smallest absolute Gasteiger partial charge is 0.305 e. The van der Waals surface area contributed by atoms with E-state index in [4.69, 9.17) is 4.74 Å². The van der Waals surface area contributed by atoms with Gasteiger partial charge in [0, 0.05) is 62.8 Å². The molecule has 2 heterocycles. The van der Waals surface area contributed by atoms with E-state index < -0.39 is 6.04 Å². The number of rotatable bonds is 12. The Morgan fingerprint density at radius 2 is 1.90 bits per heavy atom. The van der Waals surface area contributed by atoms with Gasteiger partial charge in [-0.05, 0) is 50.8 Å². The van der Waals surface area contributed by atoms with Crippen LogP contribution in [0.25, 0.3) is 0 Å². The molecule has 0 aromatic heterocycles. The van der Waals surface area contributed by atoms with Crippen LogP contribution < -0.4 is 0 Å². The van der Waals surface area contributed by atoms with E-state index in [2.05, 4.69) is 4.90 Å². The molecule has 1 amide bonds. The number of benzene rings is 1. The van der Waals surface area contributed by atoms with Gasteiger partial charge in [-0.25, -0.2) is 4.39 Å². The predicted molar refractivity (Wildman–Crippen MR) is 152 cm³/mol. The highest BCUT2D eigenvalue weighted by Gasteiger charge is 2.41. The fraction of sp³-hybridized carbons (Fsp3) is 0.600. The number of likely N-dealkylation sites (tertiary alicyclic amines) is 1. The molecular weight excluding hydrogens is 533 g/mol. The number of carbonyl (C=O) groups excluding carboxylic acids is 4. The highest BCUT2D eigenvalue weighted by atomic mass is 32.2. The summed E-state index contributed by atoms with van der Waals surface area (Å²) in [7, 11) is 0. The van der Waals surface area contributed by atoms with Crippen LogP contribution in [0.5, 0.6) is 0 Å². The van der Waals surface area contributed by atoms with Crippen LogP contribution in [-0.4, -0.2) is 95.1 Å². The Labute approximate surface area is 240 Å². The van der Waals surface area contributed by atoms with Gasteiger partial charge in [-0.1, -0.05) is 36.0 Å². The minimum Gasteiger partial charge on any atom is -0.466 e. The lowest BCUT2D eigenvalue weighted by atomic mass is 9.93. The molecule has 0 N–H and O–H groups in total. The van der Waals surface area contributed by atoms with Crippen molar-refractivity contribution in [1.82, 2.24) is 14.7 Å². The molecule has 3 aliphatic rings. The Kier molecular flexibility index (Phi) is 10.9. The zero-order chi connectivity index (χ0) is 28.6. The molecule has 4 rings (SSSR count). The molecule has 2 unspecified atom stereocenters. The molecule has 10 heteroatoms. The van der Waals surface area contributed by atoms with Gasteiger partial charge >= 0.3 is 5.97 Å². The number of hydrogen-bond acceptors (Lipinski definition) is 8. The van der Waals surface area contributed by atoms with E-state index in [9.17, 15) is 23.6 Å². The molecule has 3 fully saturated rings. The average Bonchev–Trinajstić information content (AvgIpc) is 3.76. The predicted octanol–water partition coefficient (Wildman–Crippen LogP) is 3.61. The van der Waals surface area contributed by atoms with E-state index in [0.717, 1.165) is 25.0 Å². The van der Waals surface area contributed by atoms with Gasteiger partial charge in [0.1, 0.15) is 5.82 Å². The van der Waals surface area contributed by atoms with Gasteiger partial charge in [0.2, 0.25) is 5.91 Å². The number of ether oxygens (including phenoxy) is 1. The summed E-state index contributed by atoms with van der Waals surface area (Å²) >= 11 is 1.28. The van der Waals surface area contributed by atoms with Crippen LogP contribution in [0.1, 0.15) is 57.6 Å². The highest BCUT2D eigenvalue weighted by molar-refractivity contribution is 8.14. The number of piperidine rings is 1. The third-order valence-corrected chi connectivity index (χ3v) is 8.89. The topological polar surface area (TPSA) is 87.2 Å². The first-order chi connectivity index (χ1) is 19.3. The summed E-state index contributed by atoms with van der Waals surface area (Å²) in [4.78, 5) is 55.8. The second-order valence-electron chi connectivity index (χ2n) is 10.8. The van der Waals surface area contributed by atoms with Crippen LogP contribution in [0, 0.1) is 11.7 Å². The average molecular weight is 574 g/mol. The van der Waals surface area contributed by atoms with Crippen LogP contribution in [0.3, 0.4) is 0 Å². The van der Waals surface area contributed by atoms with Gasteiger partial charge in [-0.15, -0.1) is 0 Å². The van der Waals surface area contributed by atoms with Crippen molar-refractivity contribution >= 4 is 34.5 Å². The van der Waals surface area contributed by atoms with Crippen molar-refractivity contribution in [3.63, 3.8) is 0 Å². The number of esters is 1. The molecule has 1 aromatic carbocycles. The molecule has 218 valence electrons. The number of piperazine rings is 1. The maximum atomic E-state index is 14.9. The van der Waals surface area contributed by atoms with Crippen LogP contribution in [-0.2, 0) is 23.9 Å². The van der Waals surface area contributed by atoms with E-state index in [1.54, 1.807) is 32.0 Å². The molecule has 0 radical (unpaired) electrons. The second kappa shape index (κ2) is 14.4. The Morgan fingerprint density at radius 3 is 2.58 bits per heavy atom. The summed E-state index contributed by atoms with van der Waals surface area (Å²) in [5, 5.41) is -0.0121. The summed E-state index contributed by atoms with van der Waals surface area (Å²) in [6, 6.07) is 5.85. The van der Waals surface area contributed by atoms with Gasteiger partial charge in [0.05, 0.1) is 19.2 Å². The normalized spacial score (nSPS) is 22.4. The molecule has 0 bridgehead atoms. The molecule has 40 heavy (non-hydrogen) atoms. The number of amides is 1. The molecule has 1 aromatic rings. The van der Waals surface area contributed by atoms with Crippen LogP contribution in [0.15, 0.2) is 35.9 Å². The molecule has 0 spiro atoms. The Bertz CT molecular complexity index is 1120. The van der Waals surface area contributed by atoms with E-state index in [0.29, 0.717) is 70.7 Å². The van der Waals surface area contributed by atoms with Crippen molar-refractivity contribution in [2.24, 2.45) is 5.92 Å². The number of thioether (sulfide) groups is 1. The first-order valence-electron chi connectivity index (χ1n) is 14.3. The van der Waals surface area contributed by atoms with Crippen LogP contribution in [0.2, 0.25) is 0 Å². The fourth-order valence-electron chi connectivity index (χ4n) is 5.50. The van der Waals surface area contributed by atoms with E-state index in [1.807, 2.05) is 15.9 Å².